The first-order valence-electron chi connectivity index (χ1n) is 10.9. The molecule has 0 N–H and O–H groups in total. The van der Waals surface area contributed by atoms with Crippen molar-refractivity contribution >= 4 is 10.8 Å². The molecule has 0 aliphatic rings. The number of allylic oxidation sites excluding steroid dienone is 1. The van der Waals surface area contributed by atoms with Gasteiger partial charge in [-0.15, -0.1) is 0 Å². The molecule has 150 valence electrons. The highest BCUT2D eigenvalue weighted by Gasteiger charge is 2.13. The summed E-state index contributed by atoms with van der Waals surface area (Å²) in [5, 5.41) is 2.80. The van der Waals surface area contributed by atoms with E-state index in [1.165, 1.54) is 53.3 Å². The molecule has 1 unspecified atom stereocenters. The van der Waals surface area contributed by atoms with E-state index < -0.39 is 0 Å². The first kappa shape index (κ1) is 23.3. The van der Waals surface area contributed by atoms with Crippen molar-refractivity contribution in [1.29, 1.82) is 0 Å². The van der Waals surface area contributed by atoms with Gasteiger partial charge in [0.2, 0.25) is 0 Å². The minimum atomic E-state index is 0.704. The van der Waals surface area contributed by atoms with Crippen LogP contribution in [0, 0.1) is 12.8 Å². The van der Waals surface area contributed by atoms with Crippen LogP contribution in [0.15, 0.2) is 48.7 Å². The second kappa shape index (κ2) is 12.6. The Morgan fingerprint density at radius 1 is 0.926 bits per heavy atom. The highest BCUT2D eigenvalue weighted by molar-refractivity contribution is 5.88. The van der Waals surface area contributed by atoms with Crippen LogP contribution in [0.25, 0.3) is 10.8 Å². The second-order valence-electron chi connectivity index (χ2n) is 7.35. The lowest BCUT2D eigenvalue weighted by Gasteiger charge is -2.29. The Kier molecular flexibility index (Phi) is 10.9. The molecule has 0 aliphatic carbocycles. The lowest BCUT2D eigenvalue weighted by molar-refractivity contribution is 0.315. The molecule has 0 bridgehead atoms. The van der Waals surface area contributed by atoms with Gasteiger partial charge in [0.15, 0.2) is 0 Å². The molecule has 0 amide bonds. The zero-order valence-electron chi connectivity index (χ0n) is 18.6. The summed E-state index contributed by atoms with van der Waals surface area (Å²) in [6.45, 7) is 19.8. The van der Waals surface area contributed by atoms with Crippen LogP contribution in [0.4, 0.5) is 0 Å². The number of unbranched alkanes of at least 4 members (excludes halogenated alkanes) is 1. The third kappa shape index (κ3) is 6.72. The van der Waals surface area contributed by atoms with Gasteiger partial charge in [-0.25, -0.2) is 0 Å². The molecule has 1 nitrogen and oxygen atoms in total. The van der Waals surface area contributed by atoms with Gasteiger partial charge in [0.1, 0.15) is 0 Å². The van der Waals surface area contributed by atoms with Crippen LogP contribution in [-0.2, 0) is 6.42 Å². The average molecular weight is 368 g/mol. The Morgan fingerprint density at radius 3 is 2.07 bits per heavy atom. The number of fused-ring (bicyclic) bond motifs is 1. The molecule has 1 heteroatoms. The van der Waals surface area contributed by atoms with E-state index >= 15 is 0 Å². The van der Waals surface area contributed by atoms with Crippen LogP contribution in [0.3, 0.4) is 0 Å². The van der Waals surface area contributed by atoms with E-state index in [4.69, 9.17) is 0 Å². The van der Waals surface area contributed by atoms with E-state index in [1.807, 2.05) is 0 Å². The molecule has 0 fully saturated rings. The Balaban J connectivity index is 0.000000270. The maximum absolute atomic E-state index is 4.25. The highest BCUT2D eigenvalue weighted by atomic mass is 15.1. The molecule has 2 rings (SSSR count). The minimum Gasteiger partial charge on any atom is -0.376 e. The first-order valence-corrected chi connectivity index (χ1v) is 10.9. The molecular formula is C26H41N. The van der Waals surface area contributed by atoms with Gasteiger partial charge >= 0.3 is 0 Å². The minimum absolute atomic E-state index is 0.704. The predicted molar refractivity (Wildman–Crippen MR) is 123 cm³/mol. The maximum Gasteiger partial charge on any atom is 0.0146 e. The number of hydrogen-bond donors (Lipinski definition) is 0. The molecule has 0 saturated heterocycles. The van der Waals surface area contributed by atoms with E-state index in [0.717, 1.165) is 19.5 Å². The van der Waals surface area contributed by atoms with Gasteiger partial charge in [0.25, 0.3) is 0 Å². The largest absolute Gasteiger partial charge is 0.376 e. The lowest BCUT2D eigenvalue weighted by Crippen LogP contribution is -2.26. The van der Waals surface area contributed by atoms with Gasteiger partial charge in [-0.1, -0.05) is 76.6 Å². The summed E-state index contributed by atoms with van der Waals surface area (Å²) in [5.41, 5.74) is 4.17. The molecular weight excluding hydrogens is 326 g/mol. The molecule has 2 aromatic rings. The molecule has 0 radical (unpaired) electrons. The first-order chi connectivity index (χ1) is 13.0. The van der Waals surface area contributed by atoms with Crippen molar-refractivity contribution in [2.75, 3.05) is 13.1 Å². The summed E-state index contributed by atoms with van der Waals surface area (Å²) in [6, 6.07) is 13.1. The van der Waals surface area contributed by atoms with Gasteiger partial charge in [-0.2, -0.15) is 0 Å². The summed E-state index contributed by atoms with van der Waals surface area (Å²) in [5.74, 6) is 0.704. The van der Waals surface area contributed by atoms with Crippen molar-refractivity contribution < 1.29 is 0 Å². The fourth-order valence-corrected chi connectivity index (χ4v) is 3.77. The number of nitrogens with zero attached hydrogens (tertiary/aromatic N) is 1. The summed E-state index contributed by atoms with van der Waals surface area (Å²) < 4.78 is 0. The zero-order valence-corrected chi connectivity index (χ0v) is 18.6. The quantitative estimate of drug-likeness (QED) is 0.437. The maximum atomic E-state index is 4.25. The second-order valence-corrected chi connectivity index (χ2v) is 7.35. The van der Waals surface area contributed by atoms with Gasteiger partial charge < -0.3 is 4.90 Å². The van der Waals surface area contributed by atoms with Crippen LogP contribution in [0.5, 0.6) is 0 Å². The van der Waals surface area contributed by atoms with Crippen LogP contribution >= 0.6 is 0 Å². The fraction of sp³-hybridized carbons (Fsp3) is 0.538. The monoisotopic (exact) mass is 367 g/mol. The number of hydrogen-bond acceptors (Lipinski definition) is 1. The van der Waals surface area contributed by atoms with Crippen molar-refractivity contribution in [3.63, 3.8) is 0 Å². The van der Waals surface area contributed by atoms with Crippen molar-refractivity contribution in [2.45, 2.75) is 73.6 Å². The summed E-state index contributed by atoms with van der Waals surface area (Å²) in [4.78, 5) is 2.39. The molecule has 1 atom stereocenters. The average Bonchev–Trinajstić information content (AvgIpc) is 2.70. The van der Waals surface area contributed by atoms with Crippen molar-refractivity contribution in [3.05, 3.63) is 59.8 Å². The smallest absolute Gasteiger partial charge is 0.0146 e. The number of rotatable bonds is 9. The molecule has 27 heavy (non-hydrogen) atoms. The topological polar surface area (TPSA) is 3.24 Å². The lowest BCUT2D eigenvalue weighted by atomic mass is 9.95. The Bertz CT molecular complexity index is 682. The molecule has 0 saturated carbocycles. The third-order valence-electron chi connectivity index (χ3n) is 5.65. The van der Waals surface area contributed by atoms with Crippen LogP contribution in [0.1, 0.15) is 71.4 Å². The Labute approximate surface area is 168 Å². The van der Waals surface area contributed by atoms with Gasteiger partial charge in [0, 0.05) is 18.8 Å². The van der Waals surface area contributed by atoms with Crippen LogP contribution in [-0.4, -0.2) is 18.0 Å². The van der Waals surface area contributed by atoms with Gasteiger partial charge in [-0.05, 0) is 67.9 Å². The van der Waals surface area contributed by atoms with E-state index in [2.05, 4.69) is 89.4 Å². The number of aryl methyl sites for hydroxylation is 2. The summed E-state index contributed by atoms with van der Waals surface area (Å²) in [6.07, 6.45) is 6.28. The summed E-state index contributed by atoms with van der Waals surface area (Å²) in [7, 11) is 0. The molecule has 2 aromatic carbocycles. The Morgan fingerprint density at radius 2 is 1.56 bits per heavy atom. The number of benzene rings is 2. The van der Waals surface area contributed by atoms with Gasteiger partial charge in [0.05, 0.1) is 0 Å². The highest BCUT2D eigenvalue weighted by Crippen LogP contribution is 2.23. The third-order valence-corrected chi connectivity index (χ3v) is 5.65. The normalized spacial score (nSPS) is 11.6. The zero-order chi connectivity index (χ0) is 20.2. The van der Waals surface area contributed by atoms with Crippen molar-refractivity contribution in [1.82, 2.24) is 4.90 Å². The predicted octanol–water partition coefficient (Wildman–Crippen LogP) is 7.77. The van der Waals surface area contributed by atoms with Crippen LogP contribution in [0.2, 0.25) is 0 Å². The standard InChI is InChI=1S/C13H27N.C13H14/c1-6-10-11-13(7-2)12(5)14(8-3)9-4;1-3-11-9-8-10(2)12-6-4-5-7-13(11)12/h13H,5-11H2,1-4H3;4-9H,3H2,1-2H3. The van der Waals surface area contributed by atoms with E-state index in [1.54, 1.807) is 0 Å². The molecule has 0 heterocycles. The fourth-order valence-electron chi connectivity index (χ4n) is 3.77. The van der Waals surface area contributed by atoms with E-state index in [9.17, 15) is 0 Å². The van der Waals surface area contributed by atoms with Gasteiger partial charge in [-0.3, -0.25) is 0 Å². The van der Waals surface area contributed by atoms with Crippen molar-refractivity contribution in [3.8, 4) is 0 Å². The molecule has 0 aromatic heterocycles. The van der Waals surface area contributed by atoms with E-state index in [0.29, 0.717) is 5.92 Å². The SMILES string of the molecule is C=C(C(CC)CCCC)N(CC)CC.CCc1ccc(C)c2ccccc12. The van der Waals surface area contributed by atoms with E-state index in [-0.39, 0.29) is 0 Å². The Hall–Kier alpha value is -1.76. The van der Waals surface area contributed by atoms with Crippen molar-refractivity contribution in [2.24, 2.45) is 5.92 Å². The summed E-state index contributed by atoms with van der Waals surface area (Å²) >= 11 is 0. The molecule has 0 spiro atoms. The molecule has 0 aliphatic heterocycles. The van der Waals surface area contributed by atoms with Crippen LogP contribution < -0.4 is 0 Å².